The first kappa shape index (κ1) is 14.5. The molecule has 2 unspecified atom stereocenters. The van der Waals surface area contributed by atoms with Crippen LogP contribution in [0.2, 0.25) is 0 Å². The number of nitrogens with one attached hydrogen (secondary N) is 1. The average Bonchev–Trinajstić information content (AvgIpc) is 2.50. The van der Waals surface area contributed by atoms with Crippen LogP contribution >= 0.6 is 0 Å². The van der Waals surface area contributed by atoms with E-state index in [1.807, 2.05) is 12.4 Å². The van der Waals surface area contributed by atoms with Gasteiger partial charge in [-0.05, 0) is 51.3 Å². The quantitative estimate of drug-likeness (QED) is 0.907. The highest BCUT2D eigenvalue weighted by Gasteiger charge is 2.30. The monoisotopic (exact) mass is 261 g/mol. The molecule has 1 aliphatic heterocycles. The van der Waals surface area contributed by atoms with Crippen LogP contribution in [0, 0.1) is 6.92 Å². The van der Waals surface area contributed by atoms with Crippen LogP contribution in [0.4, 0.5) is 0 Å². The van der Waals surface area contributed by atoms with Gasteiger partial charge in [-0.1, -0.05) is 13.0 Å². The Morgan fingerprint density at radius 2 is 2.26 bits per heavy atom. The van der Waals surface area contributed by atoms with E-state index in [0.717, 1.165) is 19.6 Å². The van der Waals surface area contributed by atoms with Gasteiger partial charge < -0.3 is 5.32 Å². The van der Waals surface area contributed by atoms with Gasteiger partial charge in [0.15, 0.2) is 0 Å². The maximum Gasteiger partial charge on any atom is 0.0313 e. The van der Waals surface area contributed by atoms with Gasteiger partial charge in [0.05, 0.1) is 0 Å². The fourth-order valence-electron chi connectivity index (χ4n) is 2.81. The summed E-state index contributed by atoms with van der Waals surface area (Å²) in [5, 5.41) is 3.71. The number of rotatable bonds is 3. The molecule has 1 aromatic heterocycles. The third-order valence-electron chi connectivity index (χ3n) is 4.39. The summed E-state index contributed by atoms with van der Waals surface area (Å²) in [6.45, 7) is 12.3. The van der Waals surface area contributed by atoms with Gasteiger partial charge in [0.1, 0.15) is 0 Å². The molecule has 0 aromatic carbocycles. The Balaban J connectivity index is 2.11. The predicted molar refractivity (Wildman–Crippen MR) is 80.2 cm³/mol. The van der Waals surface area contributed by atoms with E-state index in [-0.39, 0.29) is 5.54 Å². The van der Waals surface area contributed by atoms with Gasteiger partial charge in [0.2, 0.25) is 0 Å². The molecule has 1 N–H and O–H groups in total. The molecule has 2 atom stereocenters. The number of nitrogens with zero attached hydrogens (tertiary/aromatic N) is 2. The summed E-state index contributed by atoms with van der Waals surface area (Å²) in [6.07, 6.45) is 6.31. The normalized spacial score (nSPS) is 29.2. The molecule has 1 aromatic rings. The smallest absolute Gasteiger partial charge is 0.0313 e. The van der Waals surface area contributed by atoms with E-state index < -0.39 is 0 Å². The van der Waals surface area contributed by atoms with Crippen LogP contribution in [0.3, 0.4) is 0 Å². The topological polar surface area (TPSA) is 28.2 Å². The minimum Gasteiger partial charge on any atom is -0.310 e. The van der Waals surface area contributed by atoms with Crippen molar-refractivity contribution in [1.82, 2.24) is 15.2 Å². The Kier molecular flexibility index (Phi) is 4.58. The van der Waals surface area contributed by atoms with Crippen molar-refractivity contribution in [3.8, 4) is 0 Å². The van der Waals surface area contributed by atoms with Crippen molar-refractivity contribution in [3.63, 3.8) is 0 Å². The molecule has 0 saturated carbocycles. The third kappa shape index (κ3) is 3.77. The number of aryl methyl sites for hydroxylation is 1. The molecule has 0 spiro atoms. The zero-order valence-corrected chi connectivity index (χ0v) is 12.7. The molecule has 0 aliphatic carbocycles. The highest BCUT2D eigenvalue weighted by Crippen LogP contribution is 2.21. The largest absolute Gasteiger partial charge is 0.310 e. The van der Waals surface area contributed by atoms with Crippen molar-refractivity contribution in [2.45, 2.75) is 58.7 Å². The van der Waals surface area contributed by atoms with E-state index in [0.29, 0.717) is 6.04 Å². The van der Waals surface area contributed by atoms with Crippen LogP contribution in [0.25, 0.3) is 0 Å². The molecule has 19 heavy (non-hydrogen) atoms. The second-order valence-corrected chi connectivity index (χ2v) is 6.25. The summed E-state index contributed by atoms with van der Waals surface area (Å²) < 4.78 is 0. The zero-order valence-electron chi connectivity index (χ0n) is 12.7. The Labute approximate surface area is 117 Å². The summed E-state index contributed by atoms with van der Waals surface area (Å²) in [7, 11) is 0. The van der Waals surface area contributed by atoms with E-state index in [1.54, 1.807) is 0 Å². The average molecular weight is 261 g/mol. The number of hydrogen-bond acceptors (Lipinski definition) is 3. The van der Waals surface area contributed by atoms with Crippen molar-refractivity contribution in [2.24, 2.45) is 0 Å². The Morgan fingerprint density at radius 1 is 1.47 bits per heavy atom. The van der Waals surface area contributed by atoms with Crippen molar-refractivity contribution in [1.29, 1.82) is 0 Å². The first-order chi connectivity index (χ1) is 9.02. The fraction of sp³-hybridized carbons (Fsp3) is 0.688. The van der Waals surface area contributed by atoms with Crippen LogP contribution in [-0.2, 0) is 6.54 Å². The molecule has 2 rings (SSSR count). The molecule has 1 aliphatic rings. The molecule has 0 amide bonds. The van der Waals surface area contributed by atoms with Crippen LogP contribution in [-0.4, -0.2) is 34.6 Å². The van der Waals surface area contributed by atoms with E-state index in [9.17, 15) is 0 Å². The van der Waals surface area contributed by atoms with Crippen LogP contribution in [0.5, 0.6) is 0 Å². The van der Waals surface area contributed by atoms with Gasteiger partial charge >= 0.3 is 0 Å². The van der Waals surface area contributed by atoms with Gasteiger partial charge in [-0.25, -0.2) is 0 Å². The Hall–Kier alpha value is -0.930. The lowest BCUT2D eigenvalue weighted by atomic mass is 9.98. The molecule has 3 heteroatoms. The maximum absolute atomic E-state index is 4.31. The van der Waals surface area contributed by atoms with Crippen molar-refractivity contribution in [3.05, 3.63) is 29.6 Å². The van der Waals surface area contributed by atoms with Gasteiger partial charge in [-0.3, -0.25) is 9.88 Å². The van der Waals surface area contributed by atoms with Gasteiger partial charge in [0.25, 0.3) is 0 Å². The molecule has 1 fully saturated rings. The van der Waals surface area contributed by atoms with Crippen molar-refractivity contribution < 1.29 is 0 Å². The molecular formula is C16H27N3. The summed E-state index contributed by atoms with van der Waals surface area (Å²) in [4.78, 5) is 6.91. The maximum atomic E-state index is 4.31. The summed E-state index contributed by atoms with van der Waals surface area (Å²) in [5.74, 6) is 0. The van der Waals surface area contributed by atoms with Crippen molar-refractivity contribution in [2.75, 3.05) is 13.1 Å². The van der Waals surface area contributed by atoms with E-state index >= 15 is 0 Å². The lowest BCUT2D eigenvalue weighted by Gasteiger charge is -2.35. The lowest BCUT2D eigenvalue weighted by molar-refractivity contribution is 0.163. The van der Waals surface area contributed by atoms with Gasteiger partial charge in [-0.15, -0.1) is 0 Å². The fourth-order valence-corrected chi connectivity index (χ4v) is 2.81. The third-order valence-corrected chi connectivity index (χ3v) is 4.39. The standard InChI is InChI=1S/C16H27N3/c1-5-16(4)12-19(14(3)6-7-18-16)11-15-8-13(2)9-17-10-15/h8-10,14,18H,5-7,11-12H2,1-4H3. The number of pyridine rings is 1. The van der Waals surface area contributed by atoms with E-state index in [4.69, 9.17) is 0 Å². The molecule has 2 heterocycles. The minimum atomic E-state index is 0.238. The molecule has 106 valence electrons. The molecule has 1 saturated heterocycles. The SMILES string of the molecule is CCC1(C)CN(Cc2cncc(C)c2)C(C)CCN1. The van der Waals surface area contributed by atoms with Gasteiger partial charge in [0, 0.05) is 37.1 Å². The molecule has 3 nitrogen and oxygen atoms in total. The number of hydrogen-bond donors (Lipinski definition) is 1. The molecule has 0 radical (unpaired) electrons. The first-order valence-corrected chi connectivity index (χ1v) is 7.42. The second-order valence-electron chi connectivity index (χ2n) is 6.25. The Morgan fingerprint density at radius 3 is 2.95 bits per heavy atom. The zero-order chi connectivity index (χ0) is 13.9. The van der Waals surface area contributed by atoms with Gasteiger partial charge in [-0.2, -0.15) is 0 Å². The van der Waals surface area contributed by atoms with Crippen LogP contribution in [0.1, 0.15) is 44.7 Å². The summed E-state index contributed by atoms with van der Waals surface area (Å²) >= 11 is 0. The predicted octanol–water partition coefficient (Wildman–Crippen LogP) is 2.74. The lowest BCUT2D eigenvalue weighted by Crippen LogP contribution is -2.49. The highest BCUT2D eigenvalue weighted by molar-refractivity contribution is 5.16. The Bertz CT molecular complexity index is 418. The van der Waals surface area contributed by atoms with Crippen molar-refractivity contribution >= 4 is 0 Å². The van der Waals surface area contributed by atoms with E-state index in [1.165, 1.54) is 24.0 Å². The summed E-state index contributed by atoms with van der Waals surface area (Å²) in [6, 6.07) is 2.88. The first-order valence-electron chi connectivity index (χ1n) is 7.42. The van der Waals surface area contributed by atoms with Crippen LogP contribution < -0.4 is 5.32 Å². The highest BCUT2D eigenvalue weighted by atomic mass is 15.2. The summed E-state index contributed by atoms with van der Waals surface area (Å²) in [5.41, 5.74) is 2.81. The second kappa shape index (κ2) is 6.02. The minimum absolute atomic E-state index is 0.238. The van der Waals surface area contributed by atoms with Crippen LogP contribution in [0.15, 0.2) is 18.5 Å². The van der Waals surface area contributed by atoms with E-state index in [2.05, 4.69) is 49.0 Å². The molecule has 0 bridgehead atoms. The number of aromatic nitrogens is 1. The molecular weight excluding hydrogens is 234 g/mol.